The van der Waals surface area contributed by atoms with Crippen molar-refractivity contribution < 1.29 is 4.42 Å². The average molecular weight is 766 g/mol. The van der Waals surface area contributed by atoms with Crippen molar-refractivity contribution in [3.05, 3.63) is 188 Å². The maximum absolute atomic E-state index is 6.61. The van der Waals surface area contributed by atoms with Crippen LogP contribution in [0.1, 0.15) is 0 Å². The van der Waals surface area contributed by atoms with E-state index in [-0.39, 0.29) is 0 Å². The molecular formula is C54H31N5O. The number of furan rings is 1. The van der Waals surface area contributed by atoms with Gasteiger partial charge in [0.2, 0.25) is 5.95 Å². The molecule has 4 aromatic heterocycles. The lowest BCUT2D eigenvalue weighted by molar-refractivity contribution is 0.669. The van der Waals surface area contributed by atoms with Gasteiger partial charge >= 0.3 is 0 Å². The number of fused-ring (bicyclic) bond motifs is 11. The van der Waals surface area contributed by atoms with E-state index in [1.807, 2.05) is 18.3 Å². The lowest BCUT2D eigenvalue weighted by atomic mass is 9.99. The molecular weight excluding hydrogens is 735 g/mol. The van der Waals surface area contributed by atoms with Gasteiger partial charge in [0.15, 0.2) is 11.6 Å². The Kier molecular flexibility index (Phi) is 6.91. The minimum absolute atomic E-state index is 0.536. The summed E-state index contributed by atoms with van der Waals surface area (Å²) in [5.74, 6) is 1.71. The third kappa shape index (κ3) is 5.01. The monoisotopic (exact) mass is 765 g/mol. The maximum atomic E-state index is 6.61. The molecule has 0 bridgehead atoms. The summed E-state index contributed by atoms with van der Waals surface area (Å²) in [6.07, 6.45) is 1.82. The van der Waals surface area contributed by atoms with Gasteiger partial charge in [-0.05, 0) is 98.5 Å². The van der Waals surface area contributed by atoms with Crippen molar-refractivity contribution in [3.63, 3.8) is 0 Å². The molecule has 60 heavy (non-hydrogen) atoms. The van der Waals surface area contributed by atoms with E-state index in [9.17, 15) is 0 Å². The number of para-hydroxylation sites is 1. The Hall–Kier alpha value is -8.22. The van der Waals surface area contributed by atoms with Gasteiger partial charge in [-0.2, -0.15) is 9.97 Å². The smallest absolute Gasteiger partial charge is 0.238 e. The zero-order valence-electron chi connectivity index (χ0n) is 32.0. The van der Waals surface area contributed by atoms with E-state index in [0.29, 0.717) is 17.6 Å². The van der Waals surface area contributed by atoms with Crippen molar-refractivity contribution in [3.8, 4) is 39.9 Å². The van der Waals surface area contributed by atoms with Gasteiger partial charge < -0.3 is 4.42 Å². The Morgan fingerprint density at radius 3 is 1.92 bits per heavy atom. The van der Waals surface area contributed by atoms with Crippen molar-refractivity contribution in [2.75, 3.05) is 0 Å². The predicted octanol–water partition coefficient (Wildman–Crippen LogP) is 13.9. The lowest BCUT2D eigenvalue weighted by Gasteiger charge is -2.13. The van der Waals surface area contributed by atoms with Crippen LogP contribution in [0.25, 0.3) is 127 Å². The van der Waals surface area contributed by atoms with Crippen LogP contribution in [0.3, 0.4) is 0 Å². The van der Waals surface area contributed by atoms with Gasteiger partial charge in [0.25, 0.3) is 0 Å². The van der Waals surface area contributed by atoms with Gasteiger partial charge in [-0.1, -0.05) is 121 Å². The second-order valence-corrected chi connectivity index (χ2v) is 15.5. The summed E-state index contributed by atoms with van der Waals surface area (Å²) < 4.78 is 8.84. The summed E-state index contributed by atoms with van der Waals surface area (Å²) in [4.78, 5) is 20.5. The molecule has 0 saturated heterocycles. The van der Waals surface area contributed by atoms with Gasteiger partial charge in [0.05, 0.1) is 16.6 Å². The number of hydrogen-bond acceptors (Lipinski definition) is 5. The highest BCUT2D eigenvalue weighted by atomic mass is 16.3. The first-order valence-electron chi connectivity index (χ1n) is 20.1. The van der Waals surface area contributed by atoms with E-state index in [1.165, 1.54) is 16.2 Å². The number of benzene rings is 9. The fourth-order valence-electron chi connectivity index (χ4n) is 9.17. The Bertz CT molecular complexity index is 3820. The summed E-state index contributed by atoms with van der Waals surface area (Å²) >= 11 is 0. The molecule has 13 aromatic rings. The fraction of sp³-hybridized carbons (Fsp3) is 0. The first-order valence-corrected chi connectivity index (χ1v) is 20.1. The second-order valence-electron chi connectivity index (χ2n) is 15.5. The first-order chi connectivity index (χ1) is 29.7. The zero-order valence-corrected chi connectivity index (χ0v) is 32.0. The van der Waals surface area contributed by atoms with Gasteiger partial charge in [-0.15, -0.1) is 0 Å². The molecule has 9 aromatic carbocycles. The van der Waals surface area contributed by atoms with Crippen LogP contribution in [0.4, 0.5) is 0 Å². The molecule has 0 saturated carbocycles. The summed E-state index contributed by atoms with van der Waals surface area (Å²) in [5, 5.41) is 12.4. The van der Waals surface area contributed by atoms with E-state index in [0.717, 1.165) is 93.1 Å². The highest BCUT2D eigenvalue weighted by molar-refractivity contribution is 6.20. The minimum atomic E-state index is 0.536. The van der Waals surface area contributed by atoms with Gasteiger partial charge in [-0.25, -0.2) is 4.98 Å². The van der Waals surface area contributed by atoms with Crippen molar-refractivity contribution >= 4 is 87.0 Å². The van der Waals surface area contributed by atoms with Crippen molar-refractivity contribution in [2.24, 2.45) is 0 Å². The minimum Gasteiger partial charge on any atom is -0.456 e. The molecule has 4 heterocycles. The topological polar surface area (TPSA) is 69.6 Å². The molecule has 13 rings (SSSR count). The van der Waals surface area contributed by atoms with Gasteiger partial charge in [0.1, 0.15) is 11.2 Å². The Labute approximate surface area is 342 Å². The predicted molar refractivity (Wildman–Crippen MR) is 246 cm³/mol. The second kappa shape index (κ2) is 12.6. The fourth-order valence-corrected chi connectivity index (χ4v) is 9.17. The molecule has 6 nitrogen and oxygen atoms in total. The van der Waals surface area contributed by atoms with Crippen LogP contribution in [0, 0.1) is 0 Å². The van der Waals surface area contributed by atoms with Gasteiger partial charge in [-0.3, -0.25) is 9.55 Å². The summed E-state index contributed by atoms with van der Waals surface area (Å²) in [6, 6.07) is 64.0. The highest BCUT2D eigenvalue weighted by Crippen LogP contribution is 2.42. The lowest BCUT2D eigenvalue weighted by Crippen LogP contribution is -2.07. The normalized spacial score (nSPS) is 12.0. The van der Waals surface area contributed by atoms with Crippen molar-refractivity contribution in [1.82, 2.24) is 24.5 Å². The molecule has 0 atom stereocenters. The molecule has 0 aliphatic carbocycles. The van der Waals surface area contributed by atoms with E-state index >= 15 is 0 Å². The van der Waals surface area contributed by atoms with Crippen LogP contribution in [0.2, 0.25) is 0 Å². The Balaban J connectivity index is 1.11. The van der Waals surface area contributed by atoms with Crippen LogP contribution in [-0.2, 0) is 0 Å². The van der Waals surface area contributed by atoms with Crippen LogP contribution in [-0.4, -0.2) is 24.5 Å². The number of pyridine rings is 1. The van der Waals surface area contributed by atoms with Crippen LogP contribution in [0.15, 0.2) is 193 Å². The van der Waals surface area contributed by atoms with E-state index in [4.69, 9.17) is 19.4 Å². The summed E-state index contributed by atoms with van der Waals surface area (Å²) in [6.45, 7) is 0. The molecule has 0 spiro atoms. The molecule has 0 aliphatic rings. The molecule has 6 heteroatoms. The third-order valence-corrected chi connectivity index (χ3v) is 12.0. The van der Waals surface area contributed by atoms with Gasteiger partial charge in [0, 0.05) is 49.8 Å². The first kappa shape index (κ1) is 32.8. The van der Waals surface area contributed by atoms with Crippen LogP contribution < -0.4 is 0 Å². The van der Waals surface area contributed by atoms with E-state index in [1.54, 1.807) is 0 Å². The largest absolute Gasteiger partial charge is 0.456 e. The molecule has 0 fully saturated rings. The van der Waals surface area contributed by atoms with E-state index < -0.39 is 0 Å². The molecule has 0 N–H and O–H groups in total. The zero-order chi connectivity index (χ0) is 39.3. The highest BCUT2D eigenvalue weighted by Gasteiger charge is 2.22. The third-order valence-electron chi connectivity index (χ3n) is 12.0. The Morgan fingerprint density at radius 2 is 1.07 bits per heavy atom. The summed E-state index contributed by atoms with van der Waals surface area (Å²) in [5.41, 5.74) is 8.54. The Morgan fingerprint density at radius 1 is 0.400 bits per heavy atom. The quantitative estimate of drug-likeness (QED) is 0.178. The molecule has 278 valence electrons. The SMILES string of the molecule is c1ccc2cc(-c3nc(-c4ccc5ncccc5c4)nc(-n4c5cc6ccccc6cc5c5cccc(-c6ccc7c(c6)oc6ccc8ccccc8c67)c54)n3)ccc2c1. The van der Waals surface area contributed by atoms with Crippen molar-refractivity contribution in [2.45, 2.75) is 0 Å². The molecule has 0 radical (unpaired) electrons. The van der Waals surface area contributed by atoms with Crippen LogP contribution >= 0.6 is 0 Å². The number of rotatable bonds is 4. The van der Waals surface area contributed by atoms with E-state index in [2.05, 4.69) is 179 Å². The molecule has 0 amide bonds. The number of nitrogens with zero attached hydrogens (tertiary/aromatic N) is 5. The average Bonchev–Trinajstić information content (AvgIpc) is 3.85. The number of hydrogen-bond donors (Lipinski definition) is 0. The number of aromatic nitrogens is 5. The maximum Gasteiger partial charge on any atom is 0.238 e. The standard InChI is InChI=1S/C54H31N5O/c1-2-11-34-27-39(19-18-32(34)9-1)52-56-53(40-21-24-46-38(28-40)14-8-26-55-46)58-54(57-52)59-47-30-36-13-4-3-12-35(36)29-45(47)43-17-7-16-42(51(43)59)37-20-23-44-49(31-37)60-48-25-22-33-10-5-6-15-41(33)50(44)48/h1-31H. The van der Waals surface area contributed by atoms with Crippen LogP contribution in [0.5, 0.6) is 0 Å². The molecule has 0 aliphatic heterocycles. The molecule has 0 unspecified atom stereocenters. The summed E-state index contributed by atoms with van der Waals surface area (Å²) in [7, 11) is 0. The van der Waals surface area contributed by atoms with Crippen molar-refractivity contribution in [1.29, 1.82) is 0 Å².